The number of anilines is 1. The Morgan fingerprint density at radius 2 is 0.789 bits per heavy atom. The van der Waals surface area contributed by atoms with Crippen molar-refractivity contribution in [3.63, 3.8) is 0 Å². The average Bonchev–Trinajstić information content (AvgIpc) is 4.30. The SMILES string of the molecule is CCCCCCCCCCc1c2nc(c(C#Cc3ccc(C(=O)O)cc3)c3nc(c(CCCCCCCCCC)c4ccc([nH]4)c(C#Cc4ccc(N(CCCCCC)CCCCCC)cc4)c4ccc1[nH]4)C=C3)C=C2. The van der Waals surface area contributed by atoms with Crippen molar-refractivity contribution in [3.8, 4) is 23.7 Å². The first-order valence-electron chi connectivity index (χ1n) is 29.7. The highest BCUT2D eigenvalue weighted by atomic mass is 16.4. The first-order chi connectivity index (χ1) is 37.4. The monoisotopic (exact) mass is 1020 g/mol. The van der Waals surface area contributed by atoms with Gasteiger partial charge in [-0.1, -0.05) is 180 Å². The zero-order valence-corrected chi connectivity index (χ0v) is 46.7. The van der Waals surface area contributed by atoms with Gasteiger partial charge in [0.25, 0.3) is 0 Å². The van der Waals surface area contributed by atoms with Gasteiger partial charge in [0, 0.05) is 52.1 Å². The fourth-order valence-electron chi connectivity index (χ4n) is 10.5. The molecule has 2 aromatic carbocycles. The van der Waals surface area contributed by atoms with Gasteiger partial charge in [-0.15, -0.1) is 0 Å². The molecule has 7 rings (SSSR count). The number of hydrogen-bond acceptors (Lipinski definition) is 4. The summed E-state index contributed by atoms with van der Waals surface area (Å²) in [4.78, 5) is 32.8. The van der Waals surface area contributed by atoms with Crippen LogP contribution < -0.4 is 4.90 Å². The molecule has 0 amide bonds. The summed E-state index contributed by atoms with van der Waals surface area (Å²) >= 11 is 0. The van der Waals surface area contributed by atoms with Gasteiger partial charge in [0.05, 0.1) is 50.5 Å². The van der Waals surface area contributed by atoms with Crippen molar-refractivity contribution >= 4 is 58.0 Å². The van der Waals surface area contributed by atoms with Gasteiger partial charge in [0.2, 0.25) is 0 Å². The third kappa shape index (κ3) is 17.2. The number of aromatic amines is 2. The van der Waals surface area contributed by atoms with Gasteiger partial charge >= 0.3 is 5.97 Å². The molecule has 2 aliphatic rings. The molecule has 0 aliphatic carbocycles. The van der Waals surface area contributed by atoms with Crippen LogP contribution in [-0.2, 0) is 12.8 Å². The van der Waals surface area contributed by atoms with Crippen LogP contribution in [0.5, 0.6) is 0 Å². The number of carboxylic acids is 1. The van der Waals surface area contributed by atoms with Crippen LogP contribution in [0.2, 0.25) is 0 Å². The first-order valence-corrected chi connectivity index (χ1v) is 29.7. The molecule has 3 aromatic heterocycles. The van der Waals surface area contributed by atoms with Gasteiger partial charge < -0.3 is 20.0 Å². The number of carbonyl (C=O) groups is 1. The Morgan fingerprint density at radius 3 is 1.22 bits per heavy atom. The number of unbranched alkanes of at least 4 members (excludes halogenated alkanes) is 20. The molecular weight excluding hydrogens is 931 g/mol. The number of rotatable bonds is 30. The van der Waals surface area contributed by atoms with Gasteiger partial charge in [0.1, 0.15) is 0 Å². The fourth-order valence-corrected chi connectivity index (χ4v) is 10.5. The Kier molecular flexibility index (Phi) is 23.7. The summed E-state index contributed by atoms with van der Waals surface area (Å²) in [5, 5.41) is 9.57. The zero-order valence-electron chi connectivity index (χ0n) is 46.7. The molecule has 5 aromatic rings. The van der Waals surface area contributed by atoms with E-state index in [1.807, 2.05) is 0 Å². The van der Waals surface area contributed by atoms with Crippen LogP contribution in [0.3, 0.4) is 0 Å². The number of aromatic carboxylic acids is 1. The Morgan fingerprint density at radius 1 is 0.421 bits per heavy atom. The van der Waals surface area contributed by atoms with E-state index in [4.69, 9.17) is 9.97 Å². The lowest BCUT2D eigenvalue weighted by molar-refractivity contribution is 0.0697. The number of carboxylic acid groups (broad SMARTS) is 1. The van der Waals surface area contributed by atoms with Crippen molar-refractivity contribution in [1.82, 2.24) is 19.9 Å². The molecule has 8 bridgehead atoms. The second kappa shape index (κ2) is 31.5. The van der Waals surface area contributed by atoms with E-state index in [2.05, 4.69) is 139 Å². The number of aromatic nitrogens is 4. The van der Waals surface area contributed by atoms with Crippen molar-refractivity contribution in [1.29, 1.82) is 0 Å². The molecule has 3 N–H and O–H groups in total. The van der Waals surface area contributed by atoms with Gasteiger partial charge in [0.15, 0.2) is 0 Å². The van der Waals surface area contributed by atoms with Crippen molar-refractivity contribution in [3.05, 3.63) is 135 Å². The van der Waals surface area contributed by atoms with E-state index in [1.165, 1.54) is 158 Å². The quantitative estimate of drug-likeness (QED) is 0.0308. The Labute approximate surface area is 456 Å². The summed E-state index contributed by atoms with van der Waals surface area (Å²) in [7, 11) is 0. The average molecular weight is 1020 g/mol. The maximum Gasteiger partial charge on any atom is 0.335 e. The number of hydrogen-bond donors (Lipinski definition) is 3. The summed E-state index contributed by atoms with van der Waals surface area (Å²) in [5.74, 6) is 13.2. The highest BCUT2D eigenvalue weighted by Crippen LogP contribution is 2.29. The summed E-state index contributed by atoms with van der Waals surface area (Å²) in [6, 6.07) is 24.5. The van der Waals surface area contributed by atoms with Crippen LogP contribution in [0, 0.1) is 23.7 Å². The summed E-state index contributed by atoms with van der Waals surface area (Å²) < 4.78 is 0. The van der Waals surface area contributed by atoms with Crippen molar-refractivity contribution in [2.75, 3.05) is 18.0 Å². The topological polar surface area (TPSA) is 97.9 Å². The summed E-state index contributed by atoms with van der Waals surface area (Å²) in [6.07, 6.45) is 40.2. The van der Waals surface area contributed by atoms with Crippen LogP contribution in [-0.4, -0.2) is 44.1 Å². The molecular formula is C69H87N5O2. The van der Waals surface area contributed by atoms with E-state index in [-0.39, 0.29) is 5.56 Å². The van der Waals surface area contributed by atoms with Crippen LogP contribution in [0.25, 0.3) is 46.4 Å². The molecule has 0 saturated carbocycles. The molecule has 5 heterocycles. The molecule has 0 unspecified atom stereocenters. The third-order valence-electron chi connectivity index (χ3n) is 15.1. The van der Waals surface area contributed by atoms with Gasteiger partial charge in [-0.3, -0.25) is 0 Å². The first kappa shape index (κ1) is 57.1. The molecule has 76 heavy (non-hydrogen) atoms. The minimum atomic E-state index is -0.957. The van der Waals surface area contributed by atoms with Crippen LogP contribution in [0.15, 0.2) is 72.8 Å². The predicted molar refractivity (Wildman–Crippen MR) is 324 cm³/mol. The zero-order chi connectivity index (χ0) is 53.2. The second-order valence-corrected chi connectivity index (χ2v) is 21.2. The van der Waals surface area contributed by atoms with Crippen molar-refractivity contribution in [2.45, 2.75) is 195 Å². The Balaban J connectivity index is 1.35. The third-order valence-corrected chi connectivity index (χ3v) is 15.1. The molecule has 0 radical (unpaired) electrons. The maximum atomic E-state index is 11.7. The molecule has 0 atom stereocenters. The molecule has 7 nitrogen and oxygen atoms in total. The van der Waals surface area contributed by atoms with Gasteiger partial charge in [-0.25, -0.2) is 14.8 Å². The van der Waals surface area contributed by atoms with Crippen LogP contribution in [0.1, 0.15) is 248 Å². The molecule has 2 aliphatic heterocycles. The number of benzene rings is 2. The number of nitrogens with one attached hydrogen (secondary N) is 2. The molecule has 0 saturated heterocycles. The maximum absolute atomic E-state index is 11.7. The highest BCUT2D eigenvalue weighted by Gasteiger charge is 2.17. The Bertz CT molecular complexity index is 2850. The Hall–Kier alpha value is -6.57. The van der Waals surface area contributed by atoms with E-state index in [9.17, 15) is 9.90 Å². The molecule has 0 spiro atoms. The normalized spacial score (nSPS) is 11.6. The van der Waals surface area contributed by atoms with Crippen LogP contribution >= 0.6 is 0 Å². The van der Waals surface area contributed by atoms with E-state index in [1.54, 1.807) is 24.3 Å². The largest absolute Gasteiger partial charge is 0.478 e. The molecule has 0 fully saturated rings. The van der Waals surface area contributed by atoms with Crippen molar-refractivity contribution in [2.24, 2.45) is 0 Å². The van der Waals surface area contributed by atoms with E-state index in [0.29, 0.717) is 0 Å². The summed E-state index contributed by atoms with van der Waals surface area (Å²) in [6.45, 7) is 11.3. The van der Waals surface area contributed by atoms with E-state index in [0.717, 1.165) is 106 Å². The van der Waals surface area contributed by atoms with Gasteiger partial charge in [-0.2, -0.15) is 0 Å². The van der Waals surface area contributed by atoms with Crippen molar-refractivity contribution < 1.29 is 9.90 Å². The lowest BCUT2D eigenvalue weighted by Gasteiger charge is -2.25. The lowest BCUT2D eigenvalue weighted by atomic mass is 10.0. The predicted octanol–water partition coefficient (Wildman–Crippen LogP) is 18.5. The van der Waals surface area contributed by atoms with Crippen LogP contribution in [0.4, 0.5) is 5.69 Å². The number of fused-ring (bicyclic) bond motifs is 8. The minimum Gasteiger partial charge on any atom is -0.478 e. The fraction of sp³-hybridized carbons (Fsp3) is 0.464. The highest BCUT2D eigenvalue weighted by molar-refractivity contribution is 5.88. The number of nitrogens with zero attached hydrogens (tertiary/aromatic N) is 3. The second-order valence-electron chi connectivity index (χ2n) is 21.2. The lowest BCUT2D eigenvalue weighted by Crippen LogP contribution is -2.25. The smallest absolute Gasteiger partial charge is 0.335 e. The van der Waals surface area contributed by atoms with Gasteiger partial charge in [-0.05, 0) is 136 Å². The number of aryl methyl sites for hydroxylation is 2. The summed E-state index contributed by atoms with van der Waals surface area (Å²) in [5.41, 5.74) is 14.7. The molecule has 400 valence electrons. The van der Waals surface area contributed by atoms with E-state index < -0.39 is 5.97 Å². The number of H-pyrrole nitrogens is 2. The van der Waals surface area contributed by atoms with E-state index >= 15 is 0 Å². The minimum absolute atomic E-state index is 0.233. The molecule has 7 heteroatoms. The standard InChI is InChI=1S/C69H87N5O2/c1-5-9-13-17-19-21-23-25-29-57-61-43-47-65(70-61)59(41-35-53-31-37-55(38-32-53)69(75)76)66-48-44-62(71-66)58(30-26-24-22-20-18-14-10-6-2)64-46-50-68(73-64)60(67-49-45-63(57)72-67)42-36-54-33-39-56(40-34-54)74(51-27-15-11-7-3)52-28-16-12-8-4/h31-34,37-40,43-50,72-73H,5-30,51-52H2,1-4H3,(H,75,76).